The molecule has 3 rings (SSSR count). The SMILES string of the molecule is Cn1cc(OCC(=O)N[C@@H]2CC(Cn3ccnc3)C[C@H]2O)cn1. The molecule has 1 aliphatic rings. The molecule has 2 heterocycles. The van der Waals surface area contributed by atoms with Gasteiger partial charge in [0, 0.05) is 26.0 Å². The number of ether oxygens (including phenoxy) is 1. The van der Waals surface area contributed by atoms with E-state index in [1.807, 2.05) is 10.8 Å². The summed E-state index contributed by atoms with van der Waals surface area (Å²) in [4.78, 5) is 16.0. The predicted molar refractivity (Wildman–Crippen MR) is 81.6 cm³/mol. The van der Waals surface area contributed by atoms with E-state index in [-0.39, 0.29) is 18.6 Å². The third-order valence-corrected chi connectivity index (χ3v) is 4.05. The number of nitrogens with one attached hydrogen (secondary N) is 1. The Morgan fingerprint density at radius 1 is 1.52 bits per heavy atom. The van der Waals surface area contributed by atoms with Crippen LogP contribution in [0.2, 0.25) is 0 Å². The van der Waals surface area contributed by atoms with E-state index < -0.39 is 6.10 Å². The molecule has 0 bridgehead atoms. The van der Waals surface area contributed by atoms with Crippen LogP contribution in [0.3, 0.4) is 0 Å². The van der Waals surface area contributed by atoms with Crippen molar-refractivity contribution in [3.05, 3.63) is 31.1 Å². The van der Waals surface area contributed by atoms with Crippen molar-refractivity contribution < 1.29 is 14.6 Å². The van der Waals surface area contributed by atoms with Gasteiger partial charge in [-0.05, 0) is 18.8 Å². The van der Waals surface area contributed by atoms with Crippen LogP contribution < -0.4 is 10.1 Å². The molecular weight excluding hydrogens is 298 g/mol. The number of aliphatic hydroxyl groups excluding tert-OH is 1. The highest BCUT2D eigenvalue weighted by Crippen LogP contribution is 2.27. The largest absolute Gasteiger partial charge is 0.480 e. The topological polar surface area (TPSA) is 94.2 Å². The molecule has 23 heavy (non-hydrogen) atoms. The van der Waals surface area contributed by atoms with Crippen molar-refractivity contribution in [1.29, 1.82) is 0 Å². The van der Waals surface area contributed by atoms with Crippen LogP contribution in [0.5, 0.6) is 5.75 Å². The Morgan fingerprint density at radius 3 is 3.09 bits per heavy atom. The van der Waals surface area contributed by atoms with Crippen molar-refractivity contribution in [1.82, 2.24) is 24.6 Å². The van der Waals surface area contributed by atoms with Gasteiger partial charge in [-0.2, -0.15) is 5.10 Å². The van der Waals surface area contributed by atoms with E-state index in [0.29, 0.717) is 18.1 Å². The zero-order chi connectivity index (χ0) is 16.2. The van der Waals surface area contributed by atoms with E-state index in [4.69, 9.17) is 4.74 Å². The fourth-order valence-electron chi connectivity index (χ4n) is 2.99. The molecule has 0 saturated heterocycles. The molecule has 8 heteroatoms. The van der Waals surface area contributed by atoms with Crippen LogP contribution in [0.1, 0.15) is 12.8 Å². The first-order valence-electron chi connectivity index (χ1n) is 7.65. The average Bonchev–Trinajstić information content (AvgIpc) is 3.22. The third-order valence-electron chi connectivity index (χ3n) is 4.05. The van der Waals surface area contributed by atoms with Crippen molar-refractivity contribution in [3.8, 4) is 5.75 Å². The smallest absolute Gasteiger partial charge is 0.258 e. The number of nitrogens with zero attached hydrogens (tertiary/aromatic N) is 4. The Labute approximate surface area is 134 Å². The van der Waals surface area contributed by atoms with Gasteiger partial charge < -0.3 is 19.7 Å². The van der Waals surface area contributed by atoms with Crippen LogP contribution in [0.25, 0.3) is 0 Å². The van der Waals surface area contributed by atoms with Gasteiger partial charge in [0.05, 0.1) is 30.9 Å². The molecule has 0 aliphatic heterocycles. The normalized spacial score (nSPS) is 23.8. The lowest BCUT2D eigenvalue weighted by Crippen LogP contribution is -2.42. The summed E-state index contributed by atoms with van der Waals surface area (Å²) in [6, 6.07) is -0.228. The third kappa shape index (κ3) is 4.10. The standard InChI is InChI=1S/C15H21N5O3/c1-19-8-12(6-17-19)23-9-15(22)18-13-4-11(5-14(13)21)7-20-3-2-16-10-20/h2-3,6,8,10-11,13-14,21H,4-5,7,9H2,1H3,(H,18,22)/t11?,13-,14-/m1/s1. The lowest BCUT2D eigenvalue weighted by molar-refractivity contribution is -0.124. The van der Waals surface area contributed by atoms with Gasteiger partial charge in [0.2, 0.25) is 0 Å². The number of rotatable bonds is 6. The first-order chi connectivity index (χ1) is 11.1. The molecule has 1 unspecified atom stereocenters. The molecular formula is C15H21N5O3. The Morgan fingerprint density at radius 2 is 2.39 bits per heavy atom. The summed E-state index contributed by atoms with van der Waals surface area (Å²) in [6.07, 6.45) is 9.55. The van der Waals surface area contributed by atoms with Gasteiger partial charge in [0.25, 0.3) is 5.91 Å². The summed E-state index contributed by atoms with van der Waals surface area (Å²) < 4.78 is 8.96. The second-order valence-electron chi connectivity index (χ2n) is 5.98. The van der Waals surface area contributed by atoms with Crippen molar-refractivity contribution in [3.63, 3.8) is 0 Å². The van der Waals surface area contributed by atoms with Gasteiger partial charge in [0.15, 0.2) is 12.4 Å². The summed E-state index contributed by atoms with van der Waals surface area (Å²) in [5, 5.41) is 16.9. The molecule has 124 valence electrons. The van der Waals surface area contributed by atoms with Gasteiger partial charge in [-0.1, -0.05) is 0 Å². The molecule has 0 spiro atoms. The highest BCUT2D eigenvalue weighted by atomic mass is 16.5. The molecule has 1 saturated carbocycles. The number of amides is 1. The molecule has 0 aromatic carbocycles. The lowest BCUT2D eigenvalue weighted by Gasteiger charge is -2.16. The summed E-state index contributed by atoms with van der Waals surface area (Å²) >= 11 is 0. The number of hydrogen-bond donors (Lipinski definition) is 2. The average molecular weight is 319 g/mol. The maximum atomic E-state index is 12.0. The summed E-state index contributed by atoms with van der Waals surface area (Å²) in [5.41, 5.74) is 0. The van der Waals surface area contributed by atoms with Crippen LogP contribution in [-0.4, -0.2) is 49.1 Å². The number of aliphatic hydroxyl groups is 1. The maximum Gasteiger partial charge on any atom is 0.258 e. The first kappa shape index (κ1) is 15.5. The van der Waals surface area contributed by atoms with E-state index in [2.05, 4.69) is 15.4 Å². The van der Waals surface area contributed by atoms with Gasteiger partial charge >= 0.3 is 0 Å². The van der Waals surface area contributed by atoms with Crippen LogP contribution in [0, 0.1) is 5.92 Å². The van der Waals surface area contributed by atoms with Crippen LogP contribution in [-0.2, 0) is 18.4 Å². The lowest BCUT2D eigenvalue weighted by atomic mass is 10.1. The number of aryl methyl sites for hydroxylation is 1. The Bertz CT molecular complexity index is 639. The first-order valence-corrected chi connectivity index (χ1v) is 7.65. The minimum Gasteiger partial charge on any atom is -0.480 e. The number of hydrogen-bond acceptors (Lipinski definition) is 5. The molecule has 2 N–H and O–H groups in total. The molecule has 8 nitrogen and oxygen atoms in total. The Hall–Kier alpha value is -2.35. The predicted octanol–water partition coefficient (Wildman–Crippen LogP) is -0.0487. The zero-order valence-corrected chi connectivity index (χ0v) is 13.0. The Kier molecular flexibility index (Phi) is 4.61. The van der Waals surface area contributed by atoms with E-state index in [1.165, 1.54) is 0 Å². The number of imidazole rings is 1. The molecule has 1 amide bonds. The van der Waals surface area contributed by atoms with Crippen molar-refractivity contribution in [2.24, 2.45) is 13.0 Å². The van der Waals surface area contributed by atoms with E-state index in [9.17, 15) is 9.90 Å². The van der Waals surface area contributed by atoms with Gasteiger partial charge in [-0.3, -0.25) is 9.48 Å². The number of carbonyl (C=O) groups excluding carboxylic acids is 1. The summed E-state index contributed by atoms with van der Waals surface area (Å²) in [6.45, 7) is 0.719. The van der Waals surface area contributed by atoms with Crippen molar-refractivity contribution in [2.75, 3.05) is 6.61 Å². The quantitative estimate of drug-likeness (QED) is 0.778. The minimum absolute atomic E-state index is 0.0822. The van der Waals surface area contributed by atoms with E-state index >= 15 is 0 Å². The van der Waals surface area contributed by atoms with Gasteiger partial charge in [-0.25, -0.2) is 4.98 Å². The van der Waals surface area contributed by atoms with Gasteiger partial charge in [0.1, 0.15) is 0 Å². The number of aromatic nitrogens is 4. The second kappa shape index (κ2) is 6.82. The van der Waals surface area contributed by atoms with E-state index in [1.54, 1.807) is 36.6 Å². The van der Waals surface area contributed by atoms with Crippen LogP contribution >= 0.6 is 0 Å². The molecule has 3 atom stereocenters. The fraction of sp³-hybridized carbons (Fsp3) is 0.533. The van der Waals surface area contributed by atoms with Crippen LogP contribution in [0.15, 0.2) is 31.1 Å². The van der Waals surface area contributed by atoms with Gasteiger partial charge in [-0.15, -0.1) is 0 Å². The summed E-state index contributed by atoms with van der Waals surface area (Å²) in [7, 11) is 1.78. The highest BCUT2D eigenvalue weighted by Gasteiger charge is 2.34. The van der Waals surface area contributed by atoms with E-state index in [0.717, 1.165) is 13.0 Å². The minimum atomic E-state index is -0.522. The summed E-state index contributed by atoms with van der Waals surface area (Å²) in [5.74, 6) is 0.637. The Balaban J connectivity index is 1.44. The van der Waals surface area contributed by atoms with Crippen molar-refractivity contribution >= 4 is 5.91 Å². The van der Waals surface area contributed by atoms with Crippen molar-refractivity contribution in [2.45, 2.75) is 31.5 Å². The molecule has 2 aromatic rings. The highest BCUT2D eigenvalue weighted by molar-refractivity contribution is 5.77. The maximum absolute atomic E-state index is 12.0. The monoisotopic (exact) mass is 319 g/mol. The number of carbonyl (C=O) groups is 1. The molecule has 2 aromatic heterocycles. The fourth-order valence-corrected chi connectivity index (χ4v) is 2.99. The molecule has 1 fully saturated rings. The molecule has 1 aliphatic carbocycles. The zero-order valence-electron chi connectivity index (χ0n) is 13.0. The second-order valence-corrected chi connectivity index (χ2v) is 5.98. The van der Waals surface area contributed by atoms with Crippen LogP contribution in [0.4, 0.5) is 0 Å². The molecule has 0 radical (unpaired) electrons.